The van der Waals surface area contributed by atoms with E-state index in [2.05, 4.69) is 20.8 Å². The van der Waals surface area contributed by atoms with Gasteiger partial charge < -0.3 is 0 Å². The van der Waals surface area contributed by atoms with Crippen molar-refractivity contribution in [1.29, 1.82) is 0 Å². The molecule has 0 saturated heterocycles. The van der Waals surface area contributed by atoms with Gasteiger partial charge in [-0.25, -0.2) is 0 Å². The van der Waals surface area contributed by atoms with Gasteiger partial charge in [-0.1, -0.05) is 39.8 Å². The molecule has 0 spiro atoms. The maximum Gasteiger partial charge on any atom is 0.268 e. The maximum absolute atomic E-state index is 12.5. The van der Waals surface area contributed by atoms with E-state index in [4.69, 9.17) is 11.8 Å². The Balaban J connectivity index is 2.94. The van der Waals surface area contributed by atoms with Crippen molar-refractivity contribution in [3.05, 3.63) is 35.4 Å². The van der Waals surface area contributed by atoms with Crippen LogP contribution in [0.25, 0.3) is 0 Å². The van der Waals surface area contributed by atoms with E-state index < -0.39 is 0 Å². The van der Waals surface area contributed by atoms with Gasteiger partial charge in [0, 0.05) is 24.4 Å². The van der Waals surface area contributed by atoms with Gasteiger partial charge in [-0.05, 0) is 43.4 Å². The van der Waals surface area contributed by atoms with E-state index in [0.717, 1.165) is 6.42 Å². The minimum absolute atomic E-state index is 0.0796. The topological polar surface area (TPSA) is 23.6 Å². The van der Waals surface area contributed by atoms with Crippen molar-refractivity contribution < 1.29 is 4.79 Å². The summed E-state index contributed by atoms with van der Waals surface area (Å²) in [5.74, 6) is -0.105. The minimum Gasteiger partial charge on any atom is -0.268 e. The Kier molecular flexibility index (Phi) is 5.46. The van der Waals surface area contributed by atoms with E-state index in [9.17, 15) is 4.79 Å². The molecule has 0 N–H and O–H groups in total. The highest BCUT2D eigenvalue weighted by Gasteiger charge is 2.30. The van der Waals surface area contributed by atoms with Crippen molar-refractivity contribution >= 4 is 17.7 Å². The Morgan fingerprint density at radius 1 is 1.10 bits per heavy atom. The molecule has 0 saturated carbocycles. The summed E-state index contributed by atoms with van der Waals surface area (Å²) in [4.78, 5) is 12.5. The molecule has 0 fully saturated rings. The fourth-order valence-corrected chi connectivity index (χ4v) is 2.10. The fraction of sp³-hybridized carbons (Fsp3) is 0.588. The fourth-order valence-electron chi connectivity index (χ4n) is 1.92. The lowest BCUT2D eigenvalue weighted by Crippen LogP contribution is -2.49. The Morgan fingerprint density at radius 3 is 1.95 bits per heavy atom. The first kappa shape index (κ1) is 18.0. The van der Waals surface area contributed by atoms with Crippen molar-refractivity contribution in [1.82, 2.24) is 9.54 Å². The van der Waals surface area contributed by atoms with Crippen LogP contribution in [0.4, 0.5) is 0 Å². The second-order valence-corrected chi connectivity index (χ2v) is 7.40. The number of hydrogen-bond donors (Lipinski definition) is 0. The molecule has 0 unspecified atom stereocenters. The van der Waals surface area contributed by atoms with Gasteiger partial charge in [0.2, 0.25) is 0 Å². The van der Waals surface area contributed by atoms with Gasteiger partial charge in [0.05, 0.1) is 5.54 Å². The molecule has 0 aliphatic carbocycles. The van der Waals surface area contributed by atoms with E-state index in [-0.39, 0.29) is 16.9 Å². The Hall–Kier alpha value is -1.06. The average molecular weight is 311 g/mol. The molecule has 118 valence electrons. The lowest BCUT2D eigenvalue weighted by molar-refractivity contribution is 0.00944. The number of carbonyl (C=O) groups excluding carboxylic acids is 1. The van der Waals surface area contributed by atoms with E-state index in [0.29, 0.717) is 5.56 Å². The average Bonchev–Trinajstić information content (AvgIpc) is 2.44. The summed E-state index contributed by atoms with van der Waals surface area (Å²) < 4.78 is 1.48. The largest absolute Gasteiger partial charge is 0.268 e. The van der Waals surface area contributed by atoms with Crippen LogP contribution in [0.5, 0.6) is 0 Å². The molecule has 1 aromatic carbocycles. The third-order valence-electron chi connectivity index (χ3n) is 3.92. The number of amides is 1. The summed E-state index contributed by atoms with van der Waals surface area (Å²) in [7, 11) is 1.70. The van der Waals surface area contributed by atoms with Crippen LogP contribution in [0.2, 0.25) is 0 Å². The normalized spacial score (nSPS) is 12.6. The molecular weight excluding hydrogens is 284 g/mol. The highest BCUT2D eigenvalue weighted by atomic mass is 35.5. The van der Waals surface area contributed by atoms with Gasteiger partial charge in [0.15, 0.2) is 0 Å². The van der Waals surface area contributed by atoms with Crippen molar-refractivity contribution in [3.63, 3.8) is 0 Å². The summed E-state index contributed by atoms with van der Waals surface area (Å²) in [5, 5.41) is 1.47. The number of hydrogen-bond acceptors (Lipinski definition) is 2. The van der Waals surface area contributed by atoms with Crippen LogP contribution >= 0.6 is 11.8 Å². The van der Waals surface area contributed by atoms with Gasteiger partial charge in [-0.15, -0.1) is 4.53 Å². The van der Waals surface area contributed by atoms with Gasteiger partial charge >= 0.3 is 0 Å². The molecule has 0 aliphatic heterocycles. The Morgan fingerprint density at radius 2 is 1.57 bits per heavy atom. The third kappa shape index (κ3) is 4.21. The van der Waals surface area contributed by atoms with Crippen molar-refractivity contribution in [3.8, 4) is 0 Å². The lowest BCUT2D eigenvalue weighted by Gasteiger charge is -2.37. The molecule has 1 aromatic rings. The quantitative estimate of drug-likeness (QED) is 0.598. The van der Waals surface area contributed by atoms with Crippen LogP contribution in [-0.2, 0) is 5.41 Å². The second-order valence-electron chi connectivity index (χ2n) is 7.08. The van der Waals surface area contributed by atoms with Crippen LogP contribution in [-0.4, -0.2) is 28.0 Å². The van der Waals surface area contributed by atoms with Gasteiger partial charge in [0.1, 0.15) is 0 Å². The van der Waals surface area contributed by atoms with Gasteiger partial charge in [-0.3, -0.25) is 9.80 Å². The van der Waals surface area contributed by atoms with Crippen LogP contribution in [0.15, 0.2) is 24.3 Å². The summed E-state index contributed by atoms with van der Waals surface area (Å²) in [5.41, 5.74) is 1.65. The predicted octanol–water partition coefficient (Wildman–Crippen LogP) is 4.62. The first-order valence-electron chi connectivity index (χ1n) is 7.35. The molecule has 0 aromatic heterocycles. The summed E-state index contributed by atoms with van der Waals surface area (Å²) in [6.45, 7) is 12.5. The SMILES string of the molecule is CCC(C)(C)N(Cl)N(C)C(=O)c1ccc(C(C)(C)C)cc1. The van der Waals surface area contributed by atoms with Crippen LogP contribution in [0, 0.1) is 0 Å². The molecule has 0 aliphatic rings. The summed E-state index contributed by atoms with van der Waals surface area (Å²) >= 11 is 6.31. The van der Waals surface area contributed by atoms with Crippen LogP contribution in [0.1, 0.15) is 63.9 Å². The zero-order chi connectivity index (χ0) is 16.4. The van der Waals surface area contributed by atoms with Crippen molar-refractivity contribution in [2.45, 2.75) is 58.9 Å². The molecular formula is C17H27ClN2O. The maximum atomic E-state index is 12.5. The number of hydrazine groups is 1. The van der Waals surface area contributed by atoms with Crippen molar-refractivity contribution in [2.24, 2.45) is 0 Å². The Labute approximate surface area is 134 Å². The monoisotopic (exact) mass is 310 g/mol. The predicted molar refractivity (Wildman–Crippen MR) is 89.3 cm³/mol. The lowest BCUT2D eigenvalue weighted by atomic mass is 9.86. The summed E-state index contributed by atoms with van der Waals surface area (Å²) in [6.07, 6.45) is 0.844. The Bertz CT molecular complexity index is 489. The standard InChI is InChI=1S/C17H27ClN2O/c1-8-17(5,6)20(18)19(7)15(21)13-9-11-14(12-10-13)16(2,3)4/h9-12H,8H2,1-7H3. The number of carbonyl (C=O) groups is 1. The number of halogens is 1. The molecule has 0 bridgehead atoms. The number of nitrogens with zero attached hydrogens (tertiary/aromatic N) is 2. The third-order valence-corrected chi connectivity index (χ3v) is 4.60. The highest BCUT2D eigenvalue weighted by molar-refractivity contribution is 6.14. The van der Waals surface area contributed by atoms with Crippen LogP contribution in [0.3, 0.4) is 0 Å². The number of rotatable bonds is 4. The van der Waals surface area contributed by atoms with E-state index in [1.54, 1.807) is 7.05 Å². The smallest absolute Gasteiger partial charge is 0.268 e. The molecule has 1 rings (SSSR count). The zero-order valence-electron chi connectivity index (χ0n) is 14.2. The number of benzene rings is 1. The highest BCUT2D eigenvalue weighted by Crippen LogP contribution is 2.25. The first-order valence-corrected chi connectivity index (χ1v) is 7.69. The van der Waals surface area contributed by atoms with Gasteiger partial charge in [0.25, 0.3) is 5.91 Å². The van der Waals surface area contributed by atoms with E-state index >= 15 is 0 Å². The second kappa shape index (κ2) is 6.37. The van der Waals surface area contributed by atoms with Gasteiger partial charge in [-0.2, -0.15) is 0 Å². The first-order chi connectivity index (χ1) is 9.50. The minimum atomic E-state index is -0.280. The van der Waals surface area contributed by atoms with Crippen molar-refractivity contribution in [2.75, 3.05) is 7.05 Å². The molecule has 21 heavy (non-hydrogen) atoms. The molecule has 0 atom stereocenters. The van der Waals surface area contributed by atoms with E-state index in [1.807, 2.05) is 45.0 Å². The summed E-state index contributed by atoms with van der Waals surface area (Å²) in [6, 6.07) is 7.74. The molecule has 1 amide bonds. The zero-order valence-corrected chi connectivity index (χ0v) is 15.0. The van der Waals surface area contributed by atoms with E-state index in [1.165, 1.54) is 15.1 Å². The molecule has 0 radical (unpaired) electrons. The van der Waals surface area contributed by atoms with Crippen LogP contribution < -0.4 is 0 Å². The molecule has 0 heterocycles. The molecule has 4 heteroatoms. The molecule has 3 nitrogen and oxygen atoms in total.